The second kappa shape index (κ2) is 6.40. The monoisotopic (exact) mass is 317 g/mol. The van der Waals surface area contributed by atoms with Crippen molar-refractivity contribution in [2.75, 3.05) is 13.1 Å². The zero-order chi connectivity index (χ0) is 16.4. The quantitative estimate of drug-likeness (QED) is 0.744. The molecule has 2 aromatic heterocycles. The van der Waals surface area contributed by atoms with Crippen molar-refractivity contribution in [3.05, 3.63) is 72.2 Å². The van der Waals surface area contributed by atoms with Gasteiger partial charge in [-0.1, -0.05) is 12.1 Å². The predicted octanol–water partition coefficient (Wildman–Crippen LogP) is 3.33. The Morgan fingerprint density at radius 1 is 1.12 bits per heavy atom. The third-order valence-corrected chi connectivity index (χ3v) is 4.69. The van der Waals surface area contributed by atoms with Crippen LogP contribution in [-0.2, 0) is 6.42 Å². The number of benzene rings is 1. The fraction of sp³-hybridized carbons (Fsp3) is 0.250. The number of likely N-dealkylation sites (tertiary alicyclic amines) is 1. The molecule has 1 aliphatic heterocycles. The van der Waals surface area contributed by atoms with E-state index in [-0.39, 0.29) is 5.91 Å². The van der Waals surface area contributed by atoms with Crippen molar-refractivity contribution in [3.8, 4) is 0 Å². The van der Waals surface area contributed by atoms with Crippen LogP contribution in [0.1, 0.15) is 22.3 Å². The molecule has 1 aromatic carbocycles. The van der Waals surface area contributed by atoms with E-state index in [1.54, 1.807) is 24.5 Å². The molecule has 0 saturated carbocycles. The summed E-state index contributed by atoms with van der Waals surface area (Å²) in [6.07, 6.45) is 7.22. The van der Waals surface area contributed by atoms with E-state index < -0.39 is 0 Å². The number of hydrogen-bond acceptors (Lipinski definition) is 3. The minimum Gasteiger partial charge on any atom is -0.338 e. The molecule has 3 aromatic rings. The lowest BCUT2D eigenvalue weighted by Crippen LogP contribution is -2.28. The van der Waals surface area contributed by atoms with Gasteiger partial charge in [-0.15, -0.1) is 0 Å². The van der Waals surface area contributed by atoms with Crippen LogP contribution in [0.5, 0.6) is 0 Å². The number of carbonyl (C=O) groups is 1. The largest absolute Gasteiger partial charge is 0.338 e. The first-order valence-corrected chi connectivity index (χ1v) is 8.32. The molecule has 120 valence electrons. The van der Waals surface area contributed by atoms with Gasteiger partial charge in [-0.3, -0.25) is 14.8 Å². The normalized spacial score (nSPS) is 17.3. The molecule has 0 spiro atoms. The SMILES string of the molecule is O=C(c1ccncc1)N1CCC(Cc2ccc3ncccc3c2)C1. The molecule has 0 aliphatic carbocycles. The molecule has 1 amide bonds. The van der Waals surface area contributed by atoms with E-state index in [4.69, 9.17) is 0 Å². The van der Waals surface area contributed by atoms with Crippen LogP contribution in [0.15, 0.2) is 61.1 Å². The van der Waals surface area contributed by atoms with Crippen LogP contribution < -0.4 is 0 Å². The number of nitrogens with zero attached hydrogens (tertiary/aromatic N) is 3. The first-order chi connectivity index (χ1) is 11.8. The standard InChI is InChI=1S/C20H19N3O/c24-20(17-5-9-21-10-6-17)23-11-7-16(14-23)12-15-3-4-19-18(13-15)2-1-8-22-19/h1-6,8-10,13,16H,7,11-12,14H2. The number of pyridine rings is 2. The van der Waals surface area contributed by atoms with E-state index in [0.717, 1.165) is 37.0 Å². The Balaban J connectivity index is 1.44. The molecule has 0 bridgehead atoms. The summed E-state index contributed by atoms with van der Waals surface area (Å²) in [7, 11) is 0. The van der Waals surface area contributed by atoms with Crippen molar-refractivity contribution in [2.24, 2.45) is 5.92 Å². The number of amides is 1. The number of fused-ring (bicyclic) bond motifs is 1. The molecule has 4 nitrogen and oxygen atoms in total. The molecule has 4 rings (SSSR count). The molecule has 3 heterocycles. The average Bonchev–Trinajstić information content (AvgIpc) is 3.10. The highest BCUT2D eigenvalue weighted by Gasteiger charge is 2.27. The van der Waals surface area contributed by atoms with Gasteiger partial charge in [-0.2, -0.15) is 0 Å². The van der Waals surface area contributed by atoms with Crippen LogP contribution in [0.2, 0.25) is 0 Å². The second-order valence-corrected chi connectivity index (χ2v) is 6.38. The number of carbonyl (C=O) groups excluding carboxylic acids is 1. The topological polar surface area (TPSA) is 46.1 Å². The highest BCUT2D eigenvalue weighted by atomic mass is 16.2. The third kappa shape index (κ3) is 3.00. The molecule has 1 saturated heterocycles. The van der Waals surface area contributed by atoms with E-state index in [1.807, 2.05) is 17.2 Å². The van der Waals surface area contributed by atoms with E-state index in [9.17, 15) is 4.79 Å². The van der Waals surface area contributed by atoms with Crippen molar-refractivity contribution < 1.29 is 4.79 Å². The van der Waals surface area contributed by atoms with Crippen molar-refractivity contribution in [2.45, 2.75) is 12.8 Å². The smallest absolute Gasteiger partial charge is 0.253 e. The van der Waals surface area contributed by atoms with E-state index in [2.05, 4.69) is 34.2 Å². The van der Waals surface area contributed by atoms with Crippen LogP contribution in [0.3, 0.4) is 0 Å². The Morgan fingerprint density at radius 2 is 2.00 bits per heavy atom. The highest BCUT2D eigenvalue weighted by Crippen LogP contribution is 2.24. The summed E-state index contributed by atoms with van der Waals surface area (Å²) >= 11 is 0. The summed E-state index contributed by atoms with van der Waals surface area (Å²) in [6, 6.07) is 14.1. The molecule has 4 heteroatoms. The zero-order valence-electron chi connectivity index (χ0n) is 13.4. The lowest BCUT2D eigenvalue weighted by Gasteiger charge is -2.16. The van der Waals surface area contributed by atoms with Gasteiger partial charge in [0.2, 0.25) is 0 Å². The first kappa shape index (κ1) is 14.8. The van der Waals surface area contributed by atoms with E-state index >= 15 is 0 Å². The maximum absolute atomic E-state index is 12.5. The lowest BCUT2D eigenvalue weighted by molar-refractivity contribution is 0.0787. The summed E-state index contributed by atoms with van der Waals surface area (Å²) in [6.45, 7) is 1.66. The second-order valence-electron chi connectivity index (χ2n) is 6.38. The molecule has 1 aliphatic rings. The minimum absolute atomic E-state index is 0.114. The Labute approximate surface area is 141 Å². The minimum atomic E-state index is 0.114. The molecule has 1 atom stereocenters. The maximum atomic E-state index is 12.5. The van der Waals surface area contributed by atoms with Crippen LogP contribution in [0.25, 0.3) is 10.9 Å². The zero-order valence-corrected chi connectivity index (χ0v) is 13.4. The fourth-order valence-corrected chi connectivity index (χ4v) is 3.45. The number of aromatic nitrogens is 2. The number of rotatable bonds is 3. The Kier molecular flexibility index (Phi) is 3.95. The molecule has 24 heavy (non-hydrogen) atoms. The Bertz CT molecular complexity index is 863. The van der Waals surface area contributed by atoms with Crippen LogP contribution >= 0.6 is 0 Å². The summed E-state index contributed by atoms with van der Waals surface area (Å²) < 4.78 is 0. The summed E-state index contributed by atoms with van der Waals surface area (Å²) in [5.41, 5.74) is 3.07. The predicted molar refractivity (Wildman–Crippen MR) is 93.7 cm³/mol. The molecule has 0 radical (unpaired) electrons. The maximum Gasteiger partial charge on any atom is 0.253 e. The lowest BCUT2D eigenvalue weighted by atomic mass is 9.97. The van der Waals surface area contributed by atoms with Crippen LogP contribution in [0.4, 0.5) is 0 Å². The molecular formula is C20H19N3O. The Hall–Kier alpha value is -2.75. The van der Waals surface area contributed by atoms with Crippen molar-refractivity contribution >= 4 is 16.8 Å². The van der Waals surface area contributed by atoms with E-state index in [0.29, 0.717) is 5.92 Å². The fourth-order valence-electron chi connectivity index (χ4n) is 3.45. The highest BCUT2D eigenvalue weighted by molar-refractivity contribution is 5.94. The van der Waals surface area contributed by atoms with Gasteiger partial charge >= 0.3 is 0 Å². The summed E-state index contributed by atoms with van der Waals surface area (Å²) in [5.74, 6) is 0.632. The first-order valence-electron chi connectivity index (χ1n) is 8.32. The van der Waals surface area contributed by atoms with Crippen LogP contribution in [-0.4, -0.2) is 33.9 Å². The van der Waals surface area contributed by atoms with Gasteiger partial charge in [0.1, 0.15) is 0 Å². The van der Waals surface area contributed by atoms with Crippen LogP contribution in [0, 0.1) is 5.92 Å². The van der Waals surface area contributed by atoms with Gasteiger partial charge in [-0.25, -0.2) is 0 Å². The van der Waals surface area contributed by atoms with Crippen molar-refractivity contribution in [1.82, 2.24) is 14.9 Å². The summed E-state index contributed by atoms with van der Waals surface area (Å²) in [5, 5.41) is 1.18. The van der Waals surface area contributed by atoms with E-state index in [1.165, 1.54) is 10.9 Å². The number of hydrogen-bond donors (Lipinski definition) is 0. The van der Waals surface area contributed by atoms with Gasteiger partial charge < -0.3 is 4.90 Å². The van der Waals surface area contributed by atoms with Crippen molar-refractivity contribution in [3.63, 3.8) is 0 Å². The third-order valence-electron chi connectivity index (χ3n) is 4.69. The molecule has 1 unspecified atom stereocenters. The van der Waals surface area contributed by atoms with Crippen molar-refractivity contribution in [1.29, 1.82) is 0 Å². The van der Waals surface area contributed by atoms with Gasteiger partial charge in [0.15, 0.2) is 0 Å². The molecular weight excluding hydrogens is 298 g/mol. The van der Waals surface area contributed by atoms with Gasteiger partial charge in [0.25, 0.3) is 5.91 Å². The average molecular weight is 317 g/mol. The molecule has 0 N–H and O–H groups in total. The van der Waals surface area contributed by atoms with Gasteiger partial charge in [0, 0.05) is 42.6 Å². The molecule has 1 fully saturated rings. The Morgan fingerprint density at radius 3 is 2.88 bits per heavy atom. The van der Waals surface area contributed by atoms with Gasteiger partial charge in [-0.05, 0) is 54.7 Å². The summed E-state index contributed by atoms with van der Waals surface area (Å²) in [4.78, 5) is 22.8. The van der Waals surface area contributed by atoms with Gasteiger partial charge in [0.05, 0.1) is 5.52 Å².